The van der Waals surface area contributed by atoms with E-state index < -0.39 is 76.4 Å². The van der Waals surface area contributed by atoms with Crippen molar-refractivity contribution in [2.24, 2.45) is 5.92 Å². The summed E-state index contributed by atoms with van der Waals surface area (Å²) >= 11 is 0. The van der Waals surface area contributed by atoms with Crippen LogP contribution in [0.25, 0.3) is 22.3 Å². The van der Waals surface area contributed by atoms with Gasteiger partial charge in [-0.3, -0.25) is 42.9 Å². The zero-order valence-corrected chi connectivity index (χ0v) is 39.7. The van der Waals surface area contributed by atoms with Crippen LogP contribution in [0.4, 0.5) is 11.8 Å². The minimum absolute atomic E-state index is 0.00191. The van der Waals surface area contributed by atoms with Crippen LogP contribution in [0, 0.1) is 17.2 Å². The highest BCUT2D eigenvalue weighted by atomic mass is 31.2. The first kappa shape index (κ1) is 48.6. The predicted molar refractivity (Wildman–Crippen MR) is 240 cm³/mol. The molecule has 7 rings (SSSR count). The molecule has 8 atom stereocenters. The minimum Gasteiger partial charge on any atom is -0.408 e. The van der Waals surface area contributed by atoms with Crippen LogP contribution in [-0.4, -0.2) is 122 Å². The van der Waals surface area contributed by atoms with Crippen molar-refractivity contribution in [2.45, 2.75) is 109 Å². The molecule has 0 aliphatic carbocycles. The molecule has 0 bridgehead atoms. The van der Waals surface area contributed by atoms with Gasteiger partial charge in [-0.05, 0) is 30.3 Å². The van der Waals surface area contributed by atoms with Gasteiger partial charge in [0.15, 0.2) is 48.9 Å². The van der Waals surface area contributed by atoms with E-state index in [0.717, 1.165) is 0 Å². The summed E-state index contributed by atoms with van der Waals surface area (Å²) in [5.41, 5.74) is 0.416. The first-order valence-electron chi connectivity index (χ1n) is 21.3. The molecule has 2 aliphatic heterocycles. The Bertz CT molecular complexity index is 2680. The first-order valence-corrected chi connectivity index (χ1v) is 25.8. The Hall–Kier alpha value is -5.32. The molecule has 5 aromatic rings. The lowest BCUT2D eigenvalue weighted by atomic mass is 10.1. The molecule has 0 spiro atoms. The Labute approximate surface area is 380 Å². The number of carbonyl (C=O) groups excluding carboxylic acids is 2. The average Bonchev–Trinajstić information content (AvgIpc) is 4.05. The van der Waals surface area contributed by atoms with E-state index in [-0.39, 0.29) is 72.1 Å². The number of methoxy groups -OCH3 is 1. The quantitative estimate of drug-likeness (QED) is 0.0462. The number of hydrogen-bond donors (Lipinski definition) is 5. The number of nitrogens with one attached hydrogen (secondary N) is 4. The number of imidazole rings is 2. The molecule has 0 saturated carbocycles. The Balaban J connectivity index is 1.17. The van der Waals surface area contributed by atoms with Gasteiger partial charge in [-0.1, -0.05) is 52.8 Å². The summed E-state index contributed by atoms with van der Waals surface area (Å²) in [7, 11) is -5.60. The maximum atomic E-state index is 15.0. The fourth-order valence-corrected chi connectivity index (χ4v) is 10.1. The highest BCUT2D eigenvalue weighted by Gasteiger charge is 2.53. The van der Waals surface area contributed by atoms with Crippen LogP contribution in [0.3, 0.4) is 0 Å². The maximum absolute atomic E-state index is 15.0. The van der Waals surface area contributed by atoms with Crippen LogP contribution in [0.1, 0.15) is 70.3 Å². The number of anilines is 2. The Morgan fingerprint density at radius 2 is 1.73 bits per heavy atom. The van der Waals surface area contributed by atoms with E-state index in [1.165, 1.54) is 30.7 Å². The smallest absolute Gasteiger partial charge is 0.406 e. The lowest BCUT2D eigenvalue weighted by Crippen LogP contribution is -2.52. The molecule has 25 heteroatoms. The number of rotatable bonds is 18. The van der Waals surface area contributed by atoms with Gasteiger partial charge >= 0.3 is 7.75 Å². The molecule has 1 unspecified atom stereocenters. The summed E-state index contributed by atoms with van der Waals surface area (Å²) in [6.07, 6.45) is -1.84. The fraction of sp³-hybridized carbons (Fsp3) is 0.537. The number of hydrogen-bond acceptors (Lipinski definition) is 17. The number of amides is 2. The van der Waals surface area contributed by atoms with Crippen molar-refractivity contribution in [1.29, 1.82) is 5.26 Å². The van der Waals surface area contributed by atoms with Crippen molar-refractivity contribution in [3.05, 3.63) is 65.2 Å². The molecular formula is C41H55N12O11PSi. The number of ether oxygens (including phenoxy) is 3. The van der Waals surface area contributed by atoms with E-state index in [2.05, 4.69) is 79.5 Å². The van der Waals surface area contributed by atoms with Gasteiger partial charge in [0.1, 0.15) is 24.6 Å². The van der Waals surface area contributed by atoms with Gasteiger partial charge in [0.05, 0.1) is 57.1 Å². The Morgan fingerprint density at radius 3 is 2.41 bits per heavy atom. The number of aliphatic hydroxyl groups is 1. The summed E-state index contributed by atoms with van der Waals surface area (Å²) in [6, 6.07) is 9.71. The second kappa shape index (κ2) is 19.9. The molecule has 2 fully saturated rings. The number of carbonyl (C=O) groups is 2. The summed E-state index contributed by atoms with van der Waals surface area (Å²) in [5, 5.41) is 28.8. The van der Waals surface area contributed by atoms with Crippen LogP contribution < -0.4 is 21.3 Å². The summed E-state index contributed by atoms with van der Waals surface area (Å²) in [5.74, 6) is -1.08. The SMILES string of the molecule is COC[C@H]1O[C@@H](n2cnc3c(NC(=O)c4ccccc4)ncnc32)[C@H](O[Si](C)(C)C(C)(C)C)[C@@H]1NP(=O)(OCCC#N)OC[C@@H]1C[C@@H](O)[C@H](n2cnc3c(=O)[nH]c(NC(=O)C(C)C)nc32)O1. The largest absolute Gasteiger partial charge is 0.408 e. The summed E-state index contributed by atoms with van der Waals surface area (Å²) < 4.78 is 55.7. The van der Waals surface area contributed by atoms with Crippen LogP contribution >= 0.6 is 7.75 Å². The molecule has 2 aliphatic rings. The number of fused-ring (bicyclic) bond motifs is 2. The number of benzene rings is 1. The highest BCUT2D eigenvalue weighted by molar-refractivity contribution is 7.51. The summed E-state index contributed by atoms with van der Waals surface area (Å²) in [4.78, 5) is 62.9. The van der Waals surface area contributed by atoms with Gasteiger partial charge in [-0.2, -0.15) is 10.2 Å². The molecule has 23 nitrogen and oxygen atoms in total. The zero-order valence-electron chi connectivity index (χ0n) is 37.8. The monoisotopic (exact) mass is 950 g/mol. The molecule has 1 aromatic carbocycles. The molecule has 6 heterocycles. The van der Waals surface area contributed by atoms with Crippen molar-refractivity contribution in [2.75, 3.05) is 37.6 Å². The van der Waals surface area contributed by atoms with E-state index in [9.17, 15) is 24.8 Å². The van der Waals surface area contributed by atoms with Gasteiger partial charge < -0.3 is 29.1 Å². The van der Waals surface area contributed by atoms with Crippen LogP contribution in [0.2, 0.25) is 18.1 Å². The minimum atomic E-state index is -4.41. The highest BCUT2D eigenvalue weighted by Crippen LogP contribution is 2.50. The Morgan fingerprint density at radius 1 is 1.02 bits per heavy atom. The molecule has 2 amide bonds. The van der Waals surface area contributed by atoms with Crippen LogP contribution in [-0.2, 0) is 37.0 Å². The van der Waals surface area contributed by atoms with Crippen molar-refractivity contribution < 1.29 is 46.9 Å². The normalized spacial score (nSPS) is 23.3. The van der Waals surface area contributed by atoms with E-state index >= 15 is 4.57 Å². The van der Waals surface area contributed by atoms with Crippen molar-refractivity contribution in [3.63, 3.8) is 0 Å². The van der Waals surface area contributed by atoms with E-state index in [4.69, 9.17) is 27.7 Å². The number of aromatic amines is 1. The van der Waals surface area contributed by atoms with E-state index in [0.29, 0.717) is 11.2 Å². The molecule has 5 N–H and O–H groups in total. The number of H-pyrrole nitrogens is 1. The second-order valence-electron chi connectivity index (χ2n) is 17.8. The van der Waals surface area contributed by atoms with Crippen LogP contribution in [0.5, 0.6) is 0 Å². The third-order valence-corrected chi connectivity index (χ3v) is 17.8. The molecule has 4 aromatic heterocycles. The number of aliphatic hydroxyl groups excluding tert-OH is 1. The lowest BCUT2D eigenvalue weighted by Gasteiger charge is -2.41. The zero-order chi connectivity index (χ0) is 47.6. The number of nitriles is 1. The molecular weight excluding hydrogens is 896 g/mol. The van der Waals surface area contributed by atoms with Gasteiger partial charge in [0.2, 0.25) is 11.9 Å². The number of aromatic nitrogens is 8. The third kappa shape index (κ3) is 10.4. The van der Waals surface area contributed by atoms with E-state index in [1.807, 2.05) is 6.07 Å². The maximum Gasteiger partial charge on any atom is 0.406 e. The third-order valence-electron chi connectivity index (χ3n) is 11.7. The topological polar surface area (TPSA) is 294 Å². The summed E-state index contributed by atoms with van der Waals surface area (Å²) in [6.45, 7) is 13.1. The second-order valence-corrected chi connectivity index (χ2v) is 24.3. The number of nitrogens with zero attached hydrogens (tertiary/aromatic N) is 8. The van der Waals surface area contributed by atoms with Gasteiger partial charge in [-0.25, -0.2) is 29.6 Å². The first-order chi connectivity index (χ1) is 31.3. The Kier molecular flexibility index (Phi) is 14.6. The van der Waals surface area contributed by atoms with Gasteiger partial charge in [0, 0.05) is 25.0 Å². The molecule has 354 valence electrons. The lowest BCUT2D eigenvalue weighted by molar-refractivity contribution is -0.118. The molecule has 2 saturated heterocycles. The van der Waals surface area contributed by atoms with Crippen molar-refractivity contribution in [1.82, 2.24) is 44.1 Å². The molecule has 0 radical (unpaired) electrons. The predicted octanol–water partition coefficient (Wildman–Crippen LogP) is 4.40. The standard InChI is InChI=1S/C41H55N12O11PSi/c1-23(2)35(55)49-40-48-34-30(37(57)50-40)46-22-53(34)38-26(54)17-25(62-38)18-61-65(58,60-16-12-15-42)51-28-27(19-59-6)63-39(31(28)64-66(7,8)41(3,4)5)52-21-45-29-32(43-20-44-33(29)52)47-36(56)24-13-10-9-11-14-24/h9-11,13-14,20-23,25-28,31,38-39,54H,12,16-19H2,1-8H3,(H,51,58)(H,43,44,47,56)(H2,48,49,50,55,57)/t25-,26+,27+,28+,31+,38+,39+,65?/m0/s1. The fourth-order valence-electron chi connectivity index (χ4n) is 7.17. The average molecular weight is 951 g/mol. The van der Waals surface area contributed by atoms with Gasteiger partial charge in [-0.15, -0.1) is 0 Å². The van der Waals surface area contributed by atoms with Gasteiger partial charge in [0.25, 0.3) is 11.5 Å². The van der Waals surface area contributed by atoms with Crippen LogP contribution in [0.15, 0.2) is 54.1 Å². The van der Waals surface area contributed by atoms with Crippen molar-refractivity contribution in [3.8, 4) is 6.07 Å². The molecule has 66 heavy (non-hydrogen) atoms. The van der Waals surface area contributed by atoms with E-state index in [1.54, 1.807) is 48.7 Å². The van der Waals surface area contributed by atoms with Crippen molar-refractivity contribution >= 4 is 62.0 Å².